The van der Waals surface area contributed by atoms with Crippen molar-refractivity contribution in [3.63, 3.8) is 0 Å². The van der Waals surface area contributed by atoms with Gasteiger partial charge in [-0.2, -0.15) is 10.2 Å². The average Bonchev–Trinajstić information content (AvgIpc) is 2.72. The summed E-state index contributed by atoms with van der Waals surface area (Å²) in [5, 5.41) is 19.7. The topological polar surface area (TPSA) is 143 Å². The molecule has 0 radical (unpaired) electrons. The van der Waals surface area contributed by atoms with Crippen LogP contribution in [0.1, 0.15) is 12.5 Å². The molecule has 0 aliphatic heterocycles. The van der Waals surface area contributed by atoms with Crippen LogP contribution in [-0.4, -0.2) is 24.5 Å². The first-order valence-corrected chi connectivity index (χ1v) is 10.6. The molecule has 2 aromatic carbocycles. The van der Waals surface area contributed by atoms with Gasteiger partial charge in [0, 0.05) is 11.4 Å². The van der Waals surface area contributed by atoms with Crippen LogP contribution in [0.25, 0.3) is 0 Å². The smallest absolute Gasteiger partial charge is 0.238 e. The van der Waals surface area contributed by atoms with Gasteiger partial charge in [0.25, 0.3) is 0 Å². The zero-order valence-corrected chi connectivity index (χ0v) is 17.4. The predicted molar refractivity (Wildman–Crippen MR) is 113 cm³/mol. The number of aryl methyl sites for hydroxylation is 1. The SMILES string of the molecule is Cc1ccc(Nc2ncc(F)c(Nc3ccc(OC(C)C#N)cc3)n2)cc1S(N)(=O)=O. The molecule has 3 rings (SSSR count). The van der Waals surface area contributed by atoms with Crippen molar-refractivity contribution < 1.29 is 17.5 Å². The van der Waals surface area contributed by atoms with Crippen molar-refractivity contribution in [2.75, 3.05) is 10.6 Å². The minimum Gasteiger partial charge on any atom is -0.476 e. The summed E-state index contributed by atoms with van der Waals surface area (Å²) in [7, 11) is -3.90. The van der Waals surface area contributed by atoms with Gasteiger partial charge in [-0.15, -0.1) is 0 Å². The van der Waals surface area contributed by atoms with E-state index in [4.69, 9.17) is 15.1 Å². The van der Waals surface area contributed by atoms with Gasteiger partial charge in [-0.25, -0.2) is 22.9 Å². The van der Waals surface area contributed by atoms with Gasteiger partial charge in [-0.1, -0.05) is 6.07 Å². The van der Waals surface area contributed by atoms with Gasteiger partial charge >= 0.3 is 0 Å². The number of hydrogen-bond donors (Lipinski definition) is 3. The number of aromatic nitrogens is 2. The number of primary sulfonamides is 1. The van der Waals surface area contributed by atoms with Gasteiger partial charge < -0.3 is 15.4 Å². The van der Waals surface area contributed by atoms with Crippen molar-refractivity contribution in [2.24, 2.45) is 5.14 Å². The monoisotopic (exact) mass is 442 g/mol. The van der Waals surface area contributed by atoms with Crippen LogP contribution in [0.15, 0.2) is 53.6 Å². The molecule has 1 aromatic heterocycles. The predicted octanol–water partition coefficient (Wildman–Crippen LogP) is 3.35. The molecule has 1 atom stereocenters. The molecule has 0 saturated heterocycles. The normalized spacial score (nSPS) is 12.0. The molecule has 9 nitrogen and oxygen atoms in total. The highest BCUT2D eigenvalue weighted by atomic mass is 32.2. The number of nitrogens with zero attached hydrogens (tertiary/aromatic N) is 3. The minimum absolute atomic E-state index is 0.0361. The molecule has 1 heterocycles. The van der Waals surface area contributed by atoms with Crippen LogP contribution in [0.3, 0.4) is 0 Å². The Hall–Kier alpha value is -3.75. The molecule has 0 bridgehead atoms. The molecule has 0 spiro atoms. The van der Waals surface area contributed by atoms with Crippen LogP contribution >= 0.6 is 0 Å². The molecule has 1 unspecified atom stereocenters. The molecule has 31 heavy (non-hydrogen) atoms. The van der Waals surface area contributed by atoms with E-state index < -0.39 is 21.9 Å². The molecule has 0 saturated carbocycles. The van der Waals surface area contributed by atoms with Crippen LogP contribution in [0.5, 0.6) is 5.75 Å². The second kappa shape index (κ2) is 8.95. The second-order valence-electron chi connectivity index (χ2n) is 6.58. The van der Waals surface area contributed by atoms with Gasteiger partial charge in [-0.3, -0.25) is 0 Å². The number of sulfonamides is 1. The van der Waals surface area contributed by atoms with Crippen LogP contribution in [-0.2, 0) is 10.0 Å². The first kappa shape index (κ1) is 21.9. The van der Waals surface area contributed by atoms with E-state index in [1.54, 1.807) is 50.2 Å². The van der Waals surface area contributed by atoms with E-state index in [1.165, 1.54) is 6.07 Å². The lowest BCUT2D eigenvalue weighted by Crippen LogP contribution is -2.14. The average molecular weight is 442 g/mol. The van der Waals surface area contributed by atoms with Crippen LogP contribution < -0.4 is 20.5 Å². The highest BCUT2D eigenvalue weighted by Crippen LogP contribution is 2.24. The van der Waals surface area contributed by atoms with E-state index in [-0.39, 0.29) is 16.7 Å². The number of halogens is 1. The summed E-state index contributed by atoms with van der Waals surface area (Å²) in [5.74, 6) is -0.223. The van der Waals surface area contributed by atoms with Gasteiger partial charge in [-0.05, 0) is 55.8 Å². The largest absolute Gasteiger partial charge is 0.476 e. The zero-order chi connectivity index (χ0) is 22.6. The summed E-state index contributed by atoms with van der Waals surface area (Å²) in [5.41, 5.74) is 1.40. The first-order chi connectivity index (χ1) is 14.7. The van der Waals surface area contributed by atoms with Gasteiger partial charge in [0.05, 0.1) is 11.1 Å². The fourth-order valence-electron chi connectivity index (χ4n) is 2.61. The number of hydrogen-bond acceptors (Lipinski definition) is 8. The Balaban J connectivity index is 1.79. The number of benzene rings is 2. The quantitative estimate of drug-likeness (QED) is 0.505. The Kier molecular flexibility index (Phi) is 6.33. The van der Waals surface area contributed by atoms with E-state index >= 15 is 0 Å². The molecule has 0 amide bonds. The fraction of sp³-hybridized carbons (Fsp3) is 0.150. The van der Waals surface area contributed by atoms with E-state index in [0.29, 0.717) is 22.7 Å². The highest BCUT2D eigenvalue weighted by molar-refractivity contribution is 7.89. The maximum absolute atomic E-state index is 14.2. The lowest BCUT2D eigenvalue weighted by Gasteiger charge is -2.12. The second-order valence-corrected chi connectivity index (χ2v) is 8.11. The molecule has 160 valence electrons. The summed E-state index contributed by atoms with van der Waals surface area (Å²) < 4.78 is 43.0. The zero-order valence-electron chi connectivity index (χ0n) is 16.6. The van der Waals surface area contributed by atoms with E-state index in [9.17, 15) is 12.8 Å². The van der Waals surface area contributed by atoms with E-state index in [0.717, 1.165) is 6.20 Å². The van der Waals surface area contributed by atoms with Gasteiger partial charge in [0.1, 0.15) is 11.8 Å². The molecule has 0 aliphatic rings. The first-order valence-electron chi connectivity index (χ1n) is 9.02. The Morgan fingerprint density at radius 1 is 1.16 bits per heavy atom. The van der Waals surface area contributed by atoms with Crippen molar-refractivity contribution in [3.8, 4) is 11.8 Å². The summed E-state index contributed by atoms with van der Waals surface area (Å²) in [6.45, 7) is 3.24. The summed E-state index contributed by atoms with van der Waals surface area (Å²) in [6.07, 6.45) is 0.390. The van der Waals surface area contributed by atoms with Gasteiger partial charge in [0.15, 0.2) is 17.7 Å². The number of ether oxygens (including phenoxy) is 1. The Bertz CT molecular complexity index is 1240. The summed E-state index contributed by atoms with van der Waals surface area (Å²) in [4.78, 5) is 7.94. The van der Waals surface area contributed by atoms with Crippen LogP contribution in [0, 0.1) is 24.1 Å². The summed E-state index contributed by atoms with van der Waals surface area (Å²) >= 11 is 0. The van der Waals surface area contributed by atoms with Crippen LogP contribution in [0.4, 0.5) is 27.5 Å². The van der Waals surface area contributed by atoms with Gasteiger partial charge in [0.2, 0.25) is 16.0 Å². The third-order valence-electron chi connectivity index (χ3n) is 4.11. The van der Waals surface area contributed by atoms with Crippen molar-refractivity contribution in [2.45, 2.75) is 24.8 Å². The molecular weight excluding hydrogens is 423 g/mol. The molecule has 11 heteroatoms. The number of rotatable bonds is 7. The molecule has 4 N–H and O–H groups in total. The maximum Gasteiger partial charge on any atom is 0.238 e. The summed E-state index contributed by atoms with van der Waals surface area (Å²) in [6, 6.07) is 13.1. The lowest BCUT2D eigenvalue weighted by atomic mass is 10.2. The highest BCUT2D eigenvalue weighted by Gasteiger charge is 2.13. The molecular formula is C20H19FN6O3S. The number of anilines is 4. The van der Waals surface area contributed by atoms with Crippen molar-refractivity contribution in [3.05, 3.63) is 60.0 Å². The number of nitrogens with one attached hydrogen (secondary N) is 2. The molecule has 3 aromatic rings. The maximum atomic E-state index is 14.2. The minimum atomic E-state index is -3.90. The Morgan fingerprint density at radius 2 is 1.84 bits per heavy atom. The third kappa shape index (κ3) is 5.65. The molecule has 0 aliphatic carbocycles. The third-order valence-corrected chi connectivity index (χ3v) is 5.16. The Morgan fingerprint density at radius 3 is 2.48 bits per heavy atom. The molecule has 0 fully saturated rings. The Labute approximate surface area is 178 Å². The van der Waals surface area contributed by atoms with Crippen molar-refractivity contribution >= 4 is 33.2 Å². The number of nitriles is 1. The fourth-order valence-corrected chi connectivity index (χ4v) is 3.42. The van der Waals surface area contributed by atoms with Crippen molar-refractivity contribution in [1.29, 1.82) is 5.26 Å². The number of nitrogens with two attached hydrogens (primary N) is 1. The van der Waals surface area contributed by atoms with E-state index in [1.807, 2.05) is 6.07 Å². The lowest BCUT2D eigenvalue weighted by molar-refractivity contribution is 0.276. The van der Waals surface area contributed by atoms with Crippen molar-refractivity contribution in [1.82, 2.24) is 9.97 Å². The van der Waals surface area contributed by atoms with Crippen LogP contribution in [0.2, 0.25) is 0 Å². The van der Waals surface area contributed by atoms with E-state index in [2.05, 4.69) is 20.6 Å². The standard InChI is InChI=1S/C20H19FN6O3S/c1-12-3-4-15(9-18(12)31(23,28)29)26-20-24-11-17(21)19(27-20)25-14-5-7-16(8-6-14)30-13(2)10-22/h3-9,11,13H,1-2H3,(H2,23,28,29)(H2,24,25,26,27).